The van der Waals surface area contributed by atoms with Gasteiger partial charge in [-0.05, 0) is 50.8 Å². The predicted octanol–water partition coefficient (Wildman–Crippen LogP) is 2.64. The van der Waals surface area contributed by atoms with Gasteiger partial charge >= 0.3 is 5.97 Å². The van der Waals surface area contributed by atoms with E-state index in [1.165, 1.54) is 6.20 Å². The summed E-state index contributed by atoms with van der Waals surface area (Å²) in [6.07, 6.45) is 3.41. The van der Waals surface area contributed by atoms with Gasteiger partial charge in [-0.25, -0.2) is 9.78 Å². The Morgan fingerprint density at radius 2 is 2.04 bits per heavy atom. The fourth-order valence-corrected chi connectivity index (χ4v) is 3.32. The topological polar surface area (TPSA) is 95.7 Å². The van der Waals surface area contributed by atoms with Crippen molar-refractivity contribution in [2.24, 2.45) is 5.92 Å². The number of aromatic carboxylic acids is 1. The van der Waals surface area contributed by atoms with Crippen LogP contribution >= 0.6 is 0 Å². The van der Waals surface area contributed by atoms with Crippen LogP contribution in [-0.4, -0.2) is 41.6 Å². The van der Waals surface area contributed by atoms with Crippen LogP contribution in [-0.2, 0) is 0 Å². The highest BCUT2D eigenvalue weighted by atomic mass is 16.4. The molecule has 138 valence electrons. The van der Waals surface area contributed by atoms with Crippen molar-refractivity contribution >= 4 is 17.6 Å². The molecule has 1 fully saturated rings. The van der Waals surface area contributed by atoms with E-state index in [4.69, 9.17) is 9.52 Å². The van der Waals surface area contributed by atoms with E-state index in [-0.39, 0.29) is 11.6 Å². The van der Waals surface area contributed by atoms with E-state index < -0.39 is 5.97 Å². The number of carboxylic acid groups (broad SMARTS) is 1. The lowest BCUT2D eigenvalue weighted by Crippen LogP contribution is -2.38. The average molecular weight is 357 g/mol. The van der Waals surface area contributed by atoms with Crippen LogP contribution in [0.4, 0.5) is 5.69 Å². The summed E-state index contributed by atoms with van der Waals surface area (Å²) in [6, 6.07) is 5.20. The molecule has 0 aliphatic carbocycles. The van der Waals surface area contributed by atoms with Gasteiger partial charge in [0.25, 0.3) is 5.91 Å². The fraction of sp³-hybridized carbons (Fsp3) is 0.421. The van der Waals surface area contributed by atoms with Crippen LogP contribution in [0.5, 0.6) is 0 Å². The first kappa shape index (κ1) is 18.0. The Morgan fingerprint density at radius 1 is 1.31 bits per heavy atom. The maximum absolute atomic E-state index is 12.3. The van der Waals surface area contributed by atoms with Gasteiger partial charge in [-0.15, -0.1) is 0 Å². The number of carbonyl (C=O) groups is 2. The molecule has 1 aliphatic rings. The van der Waals surface area contributed by atoms with E-state index in [1.54, 1.807) is 19.1 Å². The summed E-state index contributed by atoms with van der Waals surface area (Å²) in [5.41, 5.74) is 1.53. The Labute approximate surface area is 152 Å². The zero-order valence-electron chi connectivity index (χ0n) is 15.0. The van der Waals surface area contributed by atoms with Gasteiger partial charge in [-0.2, -0.15) is 0 Å². The fourth-order valence-electron chi connectivity index (χ4n) is 3.32. The van der Waals surface area contributed by atoms with Gasteiger partial charge in [0.05, 0.1) is 5.56 Å². The Morgan fingerprint density at radius 3 is 2.65 bits per heavy atom. The molecule has 7 nitrogen and oxygen atoms in total. The van der Waals surface area contributed by atoms with Gasteiger partial charge in [-0.1, -0.05) is 0 Å². The van der Waals surface area contributed by atoms with E-state index in [0.717, 1.165) is 37.4 Å². The van der Waals surface area contributed by atoms with Crippen LogP contribution in [0, 0.1) is 19.8 Å². The van der Waals surface area contributed by atoms with E-state index in [2.05, 4.69) is 15.2 Å². The molecule has 0 unspecified atom stereocenters. The highest BCUT2D eigenvalue weighted by molar-refractivity contribution is 5.95. The van der Waals surface area contributed by atoms with Crippen LogP contribution in [0.15, 0.2) is 28.8 Å². The first-order valence-corrected chi connectivity index (χ1v) is 8.73. The monoisotopic (exact) mass is 357 g/mol. The highest BCUT2D eigenvalue weighted by Crippen LogP contribution is 2.23. The largest absolute Gasteiger partial charge is 0.477 e. The molecule has 0 spiro atoms. The Kier molecular flexibility index (Phi) is 5.25. The second-order valence-electron chi connectivity index (χ2n) is 6.67. The number of rotatable bonds is 5. The molecule has 3 rings (SSSR count). The third kappa shape index (κ3) is 4.04. The molecule has 1 saturated heterocycles. The molecule has 0 aromatic carbocycles. The first-order chi connectivity index (χ1) is 12.4. The van der Waals surface area contributed by atoms with Crippen molar-refractivity contribution in [3.63, 3.8) is 0 Å². The van der Waals surface area contributed by atoms with Crippen molar-refractivity contribution in [1.29, 1.82) is 0 Å². The van der Waals surface area contributed by atoms with Crippen LogP contribution in [0.1, 0.15) is 45.2 Å². The number of nitrogens with one attached hydrogen (secondary N) is 1. The van der Waals surface area contributed by atoms with Crippen LogP contribution in [0.25, 0.3) is 0 Å². The van der Waals surface area contributed by atoms with Gasteiger partial charge in [0.2, 0.25) is 0 Å². The molecule has 3 heterocycles. The standard InChI is InChI=1S/C19H23N3O4/c1-12-9-16(13(2)26-12)18(23)21-11-14-4-7-22(8-5-14)15-3-6-20-17(10-15)19(24)25/h3,6,9-10,14H,4-5,7-8,11H2,1-2H3,(H,21,23)(H,24,25). The van der Waals surface area contributed by atoms with Gasteiger partial charge in [0, 0.05) is 31.5 Å². The van der Waals surface area contributed by atoms with Crippen molar-refractivity contribution in [3.05, 3.63) is 47.2 Å². The number of hydrogen-bond acceptors (Lipinski definition) is 5. The molecule has 2 aromatic heterocycles. The number of furan rings is 1. The summed E-state index contributed by atoms with van der Waals surface area (Å²) in [6.45, 7) is 5.91. The number of aromatic nitrogens is 1. The third-order valence-electron chi connectivity index (χ3n) is 4.78. The first-order valence-electron chi connectivity index (χ1n) is 8.73. The highest BCUT2D eigenvalue weighted by Gasteiger charge is 2.22. The number of amides is 1. The lowest BCUT2D eigenvalue weighted by Gasteiger charge is -2.33. The van der Waals surface area contributed by atoms with Crippen LogP contribution < -0.4 is 10.2 Å². The smallest absolute Gasteiger partial charge is 0.354 e. The molecular formula is C19H23N3O4. The van der Waals surface area contributed by atoms with Gasteiger partial charge in [-0.3, -0.25) is 4.79 Å². The Balaban J connectivity index is 1.51. The normalized spacial score (nSPS) is 15.1. The molecule has 0 radical (unpaired) electrons. The molecule has 1 aliphatic heterocycles. The maximum atomic E-state index is 12.3. The minimum Gasteiger partial charge on any atom is -0.477 e. The van der Waals surface area contributed by atoms with Gasteiger partial charge < -0.3 is 19.7 Å². The minimum atomic E-state index is -1.02. The number of carbonyl (C=O) groups excluding carboxylic acids is 1. The van der Waals surface area contributed by atoms with Crippen LogP contribution in [0.3, 0.4) is 0 Å². The van der Waals surface area contributed by atoms with Crippen molar-refractivity contribution < 1.29 is 19.1 Å². The molecule has 2 N–H and O–H groups in total. The Bertz CT molecular complexity index is 807. The summed E-state index contributed by atoms with van der Waals surface area (Å²) in [5, 5.41) is 12.1. The van der Waals surface area contributed by atoms with Gasteiger partial charge in [0.1, 0.15) is 17.2 Å². The van der Waals surface area contributed by atoms with E-state index in [0.29, 0.717) is 23.8 Å². The van der Waals surface area contributed by atoms with Crippen molar-refractivity contribution in [3.8, 4) is 0 Å². The van der Waals surface area contributed by atoms with Crippen LogP contribution in [0.2, 0.25) is 0 Å². The van der Waals surface area contributed by atoms with E-state index >= 15 is 0 Å². The van der Waals surface area contributed by atoms with E-state index in [9.17, 15) is 9.59 Å². The number of aryl methyl sites for hydroxylation is 2. The third-order valence-corrected chi connectivity index (χ3v) is 4.78. The number of carboxylic acids is 1. The lowest BCUT2D eigenvalue weighted by molar-refractivity contribution is 0.0690. The van der Waals surface area contributed by atoms with Crippen molar-refractivity contribution in [2.45, 2.75) is 26.7 Å². The van der Waals surface area contributed by atoms with Crippen molar-refractivity contribution in [2.75, 3.05) is 24.5 Å². The number of anilines is 1. The molecule has 0 bridgehead atoms. The molecule has 2 aromatic rings. The second kappa shape index (κ2) is 7.59. The summed E-state index contributed by atoms with van der Waals surface area (Å²) in [7, 11) is 0. The molecular weight excluding hydrogens is 334 g/mol. The number of piperidine rings is 1. The maximum Gasteiger partial charge on any atom is 0.354 e. The average Bonchev–Trinajstić information content (AvgIpc) is 2.98. The van der Waals surface area contributed by atoms with Crippen molar-refractivity contribution in [1.82, 2.24) is 10.3 Å². The zero-order valence-corrected chi connectivity index (χ0v) is 15.0. The number of hydrogen-bond donors (Lipinski definition) is 2. The molecule has 0 atom stereocenters. The molecule has 26 heavy (non-hydrogen) atoms. The Hall–Kier alpha value is -2.83. The lowest BCUT2D eigenvalue weighted by atomic mass is 9.96. The SMILES string of the molecule is Cc1cc(C(=O)NCC2CCN(c3ccnc(C(=O)O)c3)CC2)c(C)o1. The van der Waals surface area contributed by atoms with Gasteiger partial charge in [0.15, 0.2) is 0 Å². The second-order valence-corrected chi connectivity index (χ2v) is 6.67. The zero-order chi connectivity index (χ0) is 18.7. The molecule has 7 heteroatoms. The summed E-state index contributed by atoms with van der Waals surface area (Å²) in [4.78, 5) is 29.3. The predicted molar refractivity (Wildman–Crippen MR) is 96.6 cm³/mol. The summed E-state index contributed by atoms with van der Waals surface area (Å²) in [5.74, 6) is 0.668. The summed E-state index contributed by atoms with van der Waals surface area (Å²) >= 11 is 0. The number of pyridine rings is 1. The molecule has 1 amide bonds. The minimum absolute atomic E-state index is 0.0580. The molecule has 0 saturated carbocycles. The quantitative estimate of drug-likeness (QED) is 0.854. The summed E-state index contributed by atoms with van der Waals surface area (Å²) < 4.78 is 5.40. The van der Waals surface area contributed by atoms with E-state index in [1.807, 2.05) is 13.0 Å². The number of nitrogens with zero attached hydrogens (tertiary/aromatic N) is 2.